The summed E-state index contributed by atoms with van der Waals surface area (Å²) in [4.78, 5) is 14.8. The molecule has 1 aliphatic heterocycles. The lowest BCUT2D eigenvalue weighted by molar-refractivity contribution is -0.121. The summed E-state index contributed by atoms with van der Waals surface area (Å²) in [7, 11) is 0. The largest absolute Gasteiger partial charge is 0.352 e. The van der Waals surface area contributed by atoms with Gasteiger partial charge in [0.1, 0.15) is 0 Å². The third-order valence-corrected chi connectivity index (χ3v) is 5.25. The van der Waals surface area contributed by atoms with E-state index in [1.807, 2.05) is 18.5 Å². The SMILES string of the molecule is Cc1nn(CCC#N)c(C)c1CCC(=O)NC(C)CN1CCCC(C)C1. The quantitative estimate of drug-likeness (QED) is 0.774. The molecule has 1 fully saturated rings. The van der Waals surface area contributed by atoms with E-state index in [0.29, 0.717) is 25.8 Å². The van der Waals surface area contributed by atoms with Crippen molar-refractivity contribution < 1.29 is 4.79 Å². The monoisotopic (exact) mass is 359 g/mol. The van der Waals surface area contributed by atoms with Gasteiger partial charge in [-0.2, -0.15) is 10.4 Å². The van der Waals surface area contributed by atoms with Crippen LogP contribution in [0.5, 0.6) is 0 Å². The van der Waals surface area contributed by atoms with E-state index in [1.165, 1.54) is 12.8 Å². The molecule has 1 amide bonds. The van der Waals surface area contributed by atoms with E-state index in [2.05, 4.69) is 35.2 Å². The van der Waals surface area contributed by atoms with E-state index in [0.717, 1.165) is 42.5 Å². The molecule has 2 heterocycles. The summed E-state index contributed by atoms with van der Waals surface area (Å²) >= 11 is 0. The Morgan fingerprint density at radius 2 is 2.23 bits per heavy atom. The van der Waals surface area contributed by atoms with Crippen molar-refractivity contribution in [1.82, 2.24) is 20.0 Å². The molecule has 0 aromatic carbocycles. The van der Waals surface area contributed by atoms with Gasteiger partial charge in [0, 0.05) is 31.2 Å². The number of nitrogens with zero attached hydrogens (tertiary/aromatic N) is 4. The fraction of sp³-hybridized carbons (Fsp3) is 0.750. The summed E-state index contributed by atoms with van der Waals surface area (Å²) < 4.78 is 1.88. The van der Waals surface area contributed by atoms with Crippen LogP contribution in [0.1, 0.15) is 56.5 Å². The highest BCUT2D eigenvalue weighted by Gasteiger charge is 2.19. The fourth-order valence-corrected chi connectivity index (χ4v) is 3.94. The maximum Gasteiger partial charge on any atom is 0.220 e. The molecule has 2 atom stereocenters. The maximum absolute atomic E-state index is 12.3. The Labute approximate surface area is 157 Å². The molecule has 144 valence electrons. The minimum Gasteiger partial charge on any atom is -0.352 e. The van der Waals surface area contributed by atoms with Crippen LogP contribution in [0.4, 0.5) is 0 Å². The first-order valence-electron chi connectivity index (χ1n) is 9.82. The molecule has 2 rings (SSSR count). The topological polar surface area (TPSA) is 73.9 Å². The Hall–Kier alpha value is -1.87. The molecule has 26 heavy (non-hydrogen) atoms. The second kappa shape index (κ2) is 9.72. The number of rotatable bonds is 8. The van der Waals surface area contributed by atoms with Gasteiger partial charge in [0.15, 0.2) is 0 Å². The van der Waals surface area contributed by atoms with Crippen LogP contribution in [0.2, 0.25) is 0 Å². The number of likely N-dealkylation sites (tertiary alicyclic amines) is 1. The van der Waals surface area contributed by atoms with Crippen LogP contribution in [0.25, 0.3) is 0 Å². The van der Waals surface area contributed by atoms with Gasteiger partial charge in [0.05, 0.1) is 24.7 Å². The first-order chi connectivity index (χ1) is 12.4. The van der Waals surface area contributed by atoms with Crippen molar-refractivity contribution in [2.24, 2.45) is 5.92 Å². The van der Waals surface area contributed by atoms with Crippen LogP contribution in [0.15, 0.2) is 0 Å². The number of nitriles is 1. The summed E-state index contributed by atoms with van der Waals surface area (Å²) in [6, 6.07) is 2.33. The van der Waals surface area contributed by atoms with Crippen LogP contribution >= 0.6 is 0 Å². The van der Waals surface area contributed by atoms with Gasteiger partial charge in [-0.3, -0.25) is 9.48 Å². The Balaban J connectivity index is 1.79. The predicted octanol–water partition coefficient (Wildman–Crippen LogP) is 2.58. The maximum atomic E-state index is 12.3. The van der Waals surface area contributed by atoms with Gasteiger partial charge in [-0.05, 0) is 58.1 Å². The van der Waals surface area contributed by atoms with Crippen molar-refractivity contribution in [3.05, 3.63) is 17.0 Å². The van der Waals surface area contributed by atoms with E-state index >= 15 is 0 Å². The number of aromatic nitrogens is 2. The number of carbonyl (C=O) groups is 1. The zero-order valence-corrected chi connectivity index (χ0v) is 16.7. The Bertz CT molecular complexity index is 645. The van der Waals surface area contributed by atoms with Crippen molar-refractivity contribution in [3.8, 4) is 6.07 Å². The van der Waals surface area contributed by atoms with Crippen molar-refractivity contribution in [2.75, 3.05) is 19.6 Å². The molecule has 1 saturated heterocycles. The van der Waals surface area contributed by atoms with Gasteiger partial charge >= 0.3 is 0 Å². The van der Waals surface area contributed by atoms with E-state index in [9.17, 15) is 4.79 Å². The summed E-state index contributed by atoms with van der Waals surface area (Å²) in [5, 5.41) is 16.4. The van der Waals surface area contributed by atoms with Crippen molar-refractivity contribution >= 4 is 5.91 Å². The van der Waals surface area contributed by atoms with Crippen LogP contribution < -0.4 is 5.32 Å². The molecule has 2 unspecified atom stereocenters. The Morgan fingerprint density at radius 3 is 2.92 bits per heavy atom. The molecule has 0 spiro atoms. The summed E-state index contributed by atoms with van der Waals surface area (Å²) in [6.07, 6.45) is 4.21. The van der Waals surface area contributed by atoms with Crippen molar-refractivity contribution in [2.45, 2.75) is 72.4 Å². The van der Waals surface area contributed by atoms with Crippen LogP contribution in [-0.4, -0.2) is 46.3 Å². The molecule has 0 aliphatic carbocycles. The molecule has 0 radical (unpaired) electrons. The minimum atomic E-state index is 0.103. The number of carbonyl (C=O) groups excluding carboxylic acids is 1. The van der Waals surface area contributed by atoms with Crippen LogP contribution in [0, 0.1) is 31.1 Å². The highest BCUT2D eigenvalue weighted by molar-refractivity contribution is 5.76. The normalized spacial score (nSPS) is 19.1. The second-order valence-corrected chi connectivity index (χ2v) is 7.76. The summed E-state index contributed by atoms with van der Waals surface area (Å²) in [6.45, 7) is 12.2. The minimum absolute atomic E-state index is 0.103. The lowest BCUT2D eigenvalue weighted by Crippen LogP contribution is -2.45. The zero-order chi connectivity index (χ0) is 19.1. The number of hydrogen-bond acceptors (Lipinski definition) is 4. The highest BCUT2D eigenvalue weighted by atomic mass is 16.1. The van der Waals surface area contributed by atoms with Gasteiger partial charge in [-0.1, -0.05) is 6.92 Å². The molecule has 1 aliphatic rings. The first kappa shape index (κ1) is 20.4. The highest BCUT2D eigenvalue weighted by Crippen LogP contribution is 2.17. The predicted molar refractivity (Wildman–Crippen MR) is 103 cm³/mol. The standard InChI is InChI=1S/C20H33N5O/c1-15-7-5-11-24(13-15)14-16(2)22-20(26)9-8-19-17(3)23-25(18(19)4)12-6-10-21/h15-16H,5-9,11-14H2,1-4H3,(H,22,26). The average Bonchev–Trinajstić information content (AvgIpc) is 2.84. The molecule has 6 nitrogen and oxygen atoms in total. The first-order valence-corrected chi connectivity index (χ1v) is 9.82. The second-order valence-electron chi connectivity index (χ2n) is 7.76. The smallest absolute Gasteiger partial charge is 0.220 e. The Morgan fingerprint density at radius 1 is 1.46 bits per heavy atom. The van der Waals surface area contributed by atoms with Gasteiger partial charge in [0.25, 0.3) is 0 Å². The van der Waals surface area contributed by atoms with Gasteiger partial charge in [-0.25, -0.2) is 0 Å². The van der Waals surface area contributed by atoms with Crippen molar-refractivity contribution in [1.29, 1.82) is 5.26 Å². The molecule has 0 saturated carbocycles. The molecule has 0 bridgehead atoms. The third kappa shape index (κ3) is 5.84. The summed E-state index contributed by atoms with van der Waals surface area (Å²) in [5.41, 5.74) is 3.17. The molecule has 1 aromatic heterocycles. The zero-order valence-electron chi connectivity index (χ0n) is 16.7. The van der Waals surface area contributed by atoms with Crippen molar-refractivity contribution in [3.63, 3.8) is 0 Å². The van der Waals surface area contributed by atoms with Crippen LogP contribution in [-0.2, 0) is 17.8 Å². The molecule has 1 aromatic rings. The number of piperidine rings is 1. The number of nitrogens with one attached hydrogen (secondary N) is 1. The molecular weight excluding hydrogens is 326 g/mol. The van der Waals surface area contributed by atoms with E-state index < -0.39 is 0 Å². The number of aryl methyl sites for hydroxylation is 2. The average molecular weight is 360 g/mol. The fourth-order valence-electron chi connectivity index (χ4n) is 3.94. The van der Waals surface area contributed by atoms with Gasteiger partial charge < -0.3 is 10.2 Å². The Kier molecular flexibility index (Phi) is 7.65. The number of hydrogen-bond donors (Lipinski definition) is 1. The lowest BCUT2D eigenvalue weighted by Gasteiger charge is -2.32. The summed E-state index contributed by atoms with van der Waals surface area (Å²) in [5.74, 6) is 0.862. The molecule has 1 N–H and O–H groups in total. The third-order valence-electron chi connectivity index (χ3n) is 5.25. The van der Waals surface area contributed by atoms with Gasteiger partial charge in [-0.15, -0.1) is 0 Å². The van der Waals surface area contributed by atoms with Gasteiger partial charge in [0.2, 0.25) is 5.91 Å². The number of amides is 1. The van der Waals surface area contributed by atoms with E-state index in [1.54, 1.807) is 0 Å². The molecular formula is C20H33N5O. The lowest BCUT2D eigenvalue weighted by atomic mass is 10.00. The van der Waals surface area contributed by atoms with E-state index in [-0.39, 0.29) is 11.9 Å². The van der Waals surface area contributed by atoms with E-state index in [4.69, 9.17) is 5.26 Å². The van der Waals surface area contributed by atoms with Crippen LogP contribution in [0.3, 0.4) is 0 Å². The molecule has 6 heteroatoms.